The van der Waals surface area contributed by atoms with E-state index in [0.29, 0.717) is 0 Å². The lowest BCUT2D eigenvalue weighted by atomic mass is 10.0. The molecule has 0 fully saturated rings. The topological polar surface area (TPSA) is 26.0 Å². The van der Waals surface area contributed by atoms with Crippen molar-refractivity contribution in [2.45, 2.75) is 33.2 Å². The minimum absolute atomic E-state index is 0.255. The molecule has 0 aromatic heterocycles. The summed E-state index contributed by atoms with van der Waals surface area (Å²) in [5.41, 5.74) is 9.78. The van der Waals surface area contributed by atoms with Crippen LogP contribution in [0, 0.1) is 13.8 Å². The summed E-state index contributed by atoms with van der Waals surface area (Å²) in [6.45, 7) is 6.29. The maximum Gasteiger partial charge on any atom is 0.00510 e. The normalized spacial score (nSPS) is 13.0. The van der Waals surface area contributed by atoms with Gasteiger partial charge in [-0.3, -0.25) is 0 Å². The second-order valence-corrected chi connectivity index (χ2v) is 3.61. The molecule has 1 atom stereocenters. The van der Waals surface area contributed by atoms with Crippen molar-refractivity contribution in [2.75, 3.05) is 0 Å². The van der Waals surface area contributed by atoms with Gasteiger partial charge in [-0.15, -0.1) is 0 Å². The molecule has 2 N–H and O–H groups in total. The Hall–Kier alpha value is -0.820. The van der Waals surface area contributed by atoms with Gasteiger partial charge in [-0.1, -0.05) is 23.8 Å². The lowest BCUT2D eigenvalue weighted by Crippen LogP contribution is -2.18. The quantitative estimate of drug-likeness (QED) is 0.710. The molecule has 1 nitrogen and oxygen atoms in total. The predicted octanol–water partition coefficient (Wildman–Crippen LogP) is 2.19. The fourth-order valence-electron chi connectivity index (χ4n) is 1.37. The van der Waals surface area contributed by atoms with E-state index >= 15 is 0 Å². The lowest BCUT2D eigenvalue weighted by Gasteiger charge is -2.09. The Kier molecular flexibility index (Phi) is 2.88. The van der Waals surface area contributed by atoms with E-state index in [2.05, 4.69) is 32.0 Å². The molecule has 0 spiro atoms. The smallest absolute Gasteiger partial charge is 0.00510 e. The first-order chi connectivity index (χ1) is 5.59. The number of nitrogens with two attached hydrogens (primary N) is 1. The zero-order valence-electron chi connectivity index (χ0n) is 8.09. The first-order valence-electron chi connectivity index (χ1n) is 4.41. The number of benzene rings is 1. The number of aryl methyl sites for hydroxylation is 2. The third-order valence-corrected chi connectivity index (χ3v) is 2.05. The van der Waals surface area contributed by atoms with E-state index in [1.165, 1.54) is 16.7 Å². The van der Waals surface area contributed by atoms with Gasteiger partial charge in [0.15, 0.2) is 0 Å². The van der Waals surface area contributed by atoms with E-state index in [1.54, 1.807) is 0 Å². The van der Waals surface area contributed by atoms with E-state index in [1.807, 2.05) is 6.92 Å². The molecule has 0 radical (unpaired) electrons. The zero-order chi connectivity index (χ0) is 9.14. The third-order valence-electron chi connectivity index (χ3n) is 2.05. The molecule has 0 saturated heterocycles. The molecule has 0 amide bonds. The second kappa shape index (κ2) is 3.72. The molecule has 0 unspecified atom stereocenters. The Morgan fingerprint density at radius 2 is 2.00 bits per heavy atom. The van der Waals surface area contributed by atoms with Gasteiger partial charge < -0.3 is 5.73 Å². The van der Waals surface area contributed by atoms with Crippen LogP contribution in [-0.4, -0.2) is 6.04 Å². The standard InChI is InChI=1S/C11H17N/c1-8-4-5-9(2)11(6-8)7-10(3)12/h4-6,10H,7,12H2,1-3H3/t10-/m1/s1. The summed E-state index contributed by atoms with van der Waals surface area (Å²) in [4.78, 5) is 0. The minimum atomic E-state index is 0.255. The Labute approximate surface area is 74.6 Å². The Bertz CT molecular complexity index is 264. The third kappa shape index (κ3) is 2.35. The van der Waals surface area contributed by atoms with Crippen molar-refractivity contribution >= 4 is 0 Å². The van der Waals surface area contributed by atoms with Gasteiger partial charge in [0.2, 0.25) is 0 Å². The molecular weight excluding hydrogens is 146 g/mol. The number of hydrogen-bond donors (Lipinski definition) is 1. The molecular formula is C11H17N. The summed E-state index contributed by atoms with van der Waals surface area (Å²) in [6.07, 6.45) is 0.980. The fourth-order valence-corrected chi connectivity index (χ4v) is 1.37. The van der Waals surface area contributed by atoms with Crippen LogP contribution in [0.25, 0.3) is 0 Å². The maximum atomic E-state index is 5.74. The average Bonchev–Trinajstić information content (AvgIpc) is 1.96. The van der Waals surface area contributed by atoms with Gasteiger partial charge >= 0.3 is 0 Å². The van der Waals surface area contributed by atoms with Crippen molar-refractivity contribution < 1.29 is 0 Å². The largest absolute Gasteiger partial charge is 0.328 e. The van der Waals surface area contributed by atoms with Gasteiger partial charge in [0.05, 0.1) is 0 Å². The van der Waals surface area contributed by atoms with Gasteiger partial charge in [0.25, 0.3) is 0 Å². The highest BCUT2D eigenvalue weighted by Gasteiger charge is 2.01. The van der Waals surface area contributed by atoms with Crippen LogP contribution < -0.4 is 5.73 Å². The van der Waals surface area contributed by atoms with Crippen LogP contribution in [-0.2, 0) is 6.42 Å². The zero-order valence-corrected chi connectivity index (χ0v) is 8.09. The van der Waals surface area contributed by atoms with Crippen molar-refractivity contribution in [3.63, 3.8) is 0 Å². The van der Waals surface area contributed by atoms with Crippen molar-refractivity contribution in [3.8, 4) is 0 Å². The SMILES string of the molecule is Cc1ccc(C)c(C[C@@H](C)N)c1. The minimum Gasteiger partial charge on any atom is -0.328 e. The number of rotatable bonds is 2. The van der Waals surface area contributed by atoms with Crippen molar-refractivity contribution in [2.24, 2.45) is 5.73 Å². The molecule has 0 aliphatic carbocycles. The molecule has 1 rings (SSSR count). The summed E-state index contributed by atoms with van der Waals surface area (Å²) in [5.74, 6) is 0. The van der Waals surface area contributed by atoms with Gasteiger partial charge in [-0.2, -0.15) is 0 Å². The summed E-state index contributed by atoms with van der Waals surface area (Å²) in [7, 11) is 0. The van der Waals surface area contributed by atoms with Crippen molar-refractivity contribution in [1.82, 2.24) is 0 Å². The van der Waals surface area contributed by atoms with Crippen LogP contribution >= 0.6 is 0 Å². The molecule has 0 aliphatic heterocycles. The molecule has 0 heterocycles. The lowest BCUT2D eigenvalue weighted by molar-refractivity contribution is 0.734. The molecule has 0 aliphatic rings. The van der Waals surface area contributed by atoms with E-state index in [-0.39, 0.29) is 6.04 Å². The van der Waals surface area contributed by atoms with Gasteiger partial charge in [0.1, 0.15) is 0 Å². The van der Waals surface area contributed by atoms with Crippen LogP contribution in [0.4, 0.5) is 0 Å². The van der Waals surface area contributed by atoms with E-state index < -0.39 is 0 Å². The number of hydrogen-bond acceptors (Lipinski definition) is 1. The van der Waals surface area contributed by atoms with Crippen LogP contribution in [0.5, 0.6) is 0 Å². The van der Waals surface area contributed by atoms with Gasteiger partial charge in [0, 0.05) is 6.04 Å². The van der Waals surface area contributed by atoms with Crippen LogP contribution in [0.2, 0.25) is 0 Å². The Morgan fingerprint density at radius 1 is 1.33 bits per heavy atom. The molecule has 1 heteroatoms. The molecule has 0 saturated carbocycles. The maximum absolute atomic E-state index is 5.74. The highest BCUT2D eigenvalue weighted by atomic mass is 14.6. The summed E-state index contributed by atoms with van der Waals surface area (Å²) >= 11 is 0. The molecule has 0 bridgehead atoms. The van der Waals surface area contributed by atoms with E-state index in [4.69, 9.17) is 5.73 Å². The molecule has 1 aromatic rings. The molecule has 12 heavy (non-hydrogen) atoms. The summed E-state index contributed by atoms with van der Waals surface area (Å²) in [5, 5.41) is 0. The summed E-state index contributed by atoms with van der Waals surface area (Å²) < 4.78 is 0. The van der Waals surface area contributed by atoms with Crippen LogP contribution in [0.15, 0.2) is 18.2 Å². The molecule has 66 valence electrons. The first kappa shape index (κ1) is 9.27. The Morgan fingerprint density at radius 3 is 2.58 bits per heavy atom. The van der Waals surface area contributed by atoms with Gasteiger partial charge in [-0.25, -0.2) is 0 Å². The Balaban J connectivity index is 2.90. The van der Waals surface area contributed by atoms with E-state index in [0.717, 1.165) is 6.42 Å². The average molecular weight is 163 g/mol. The second-order valence-electron chi connectivity index (χ2n) is 3.61. The summed E-state index contributed by atoms with van der Waals surface area (Å²) in [6, 6.07) is 6.77. The molecule has 1 aromatic carbocycles. The van der Waals surface area contributed by atoms with Gasteiger partial charge in [-0.05, 0) is 38.3 Å². The highest BCUT2D eigenvalue weighted by molar-refractivity contribution is 5.30. The highest BCUT2D eigenvalue weighted by Crippen LogP contribution is 2.11. The van der Waals surface area contributed by atoms with E-state index in [9.17, 15) is 0 Å². The fraction of sp³-hybridized carbons (Fsp3) is 0.455. The predicted molar refractivity (Wildman–Crippen MR) is 53.3 cm³/mol. The van der Waals surface area contributed by atoms with Crippen molar-refractivity contribution in [3.05, 3.63) is 34.9 Å². The first-order valence-corrected chi connectivity index (χ1v) is 4.41. The monoisotopic (exact) mass is 163 g/mol. The van der Waals surface area contributed by atoms with Crippen LogP contribution in [0.1, 0.15) is 23.6 Å². The van der Waals surface area contributed by atoms with Crippen LogP contribution in [0.3, 0.4) is 0 Å². The van der Waals surface area contributed by atoms with Crippen molar-refractivity contribution in [1.29, 1.82) is 0 Å².